The van der Waals surface area contributed by atoms with E-state index >= 15 is 0 Å². The maximum atomic E-state index is 10.6. The fourth-order valence-electron chi connectivity index (χ4n) is 3.48. The smallest absolute Gasteiger partial charge is 0.188 e. The second-order valence-corrected chi connectivity index (χ2v) is 11.4. The summed E-state index contributed by atoms with van der Waals surface area (Å²) in [6.45, 7) is 4.10. The minimum Gasteiger partial charge on any atom is -0.507 e. The minimum atomic E-state index is -0.482. The van der Waals surface area contributed by atoms with Gasteiger partial charge in [0.1, 0.15) is 10.8 Å². The quantitative estimate of drug-likeness (QED) is 0.488. The van der Waals surface area contributed by atoms with Gasteiger partial charge in [-0.15, -0.1) is 0 Å². The van der Waals surface area contributed by atoms with E-state index in [-0.39, 0.29) is 0 Å². The number of allylic oxidation sites excluding steroid dienone is 2. The zero-order valence-electron chi connectivity index (χ0n) is 16.1. The topological polar surface area (TPSA) is 79.1 Å². The second kappa shape index (κ2) is 7.89. The van der Waals surface area contributed by atoms with Crippen molar-refractivity contribution >= 4 is 71.5 Å². The molecule has 0 spiro atoms. The van der Waals surface area contributed by atoms with Gasteiger partial charge in [-0.3, -0.25) is 0 Å². The Hall–Kier alpha value is -1.63. The molecule has 10 heteroatoms. The summed E-state index contributed by atoms with van der Waals surface area (Å²) in [5, 5.41) is 16.0. The minimum absolute atomic E-state index is 0.315. The molecular weight excluding hydrogens is 519 g/mol. The van der Waals surface area contributed by atoms with Crippen molar-refractivity contribution in [3.05, 3.63) is 35.1 Å². The van der Waals surface area contributed by atoms with Gasteiger partial charge in [0.25, 0.3) is 0 Å². The first kappa shape index (κ1) is 19.3. The number of fused-ring (bicyclic) bond motifs is 1. The molecule has 0 aromatic carbocycles. The Balaban J connectivity index is 1.40. The van der Waals surface area contributed by atoms with Gasteiger partial charge in [0, 0.05) is 25.4 Å². The van der Waals surface area contributed by atoms with Crippen molar-refractivity contribution in [1.82, 2.24) is 24.8 Å². The SMILES string of the molecule is Cc1cn(C2=CC(O)=C(c3nc4sc(N(C)C5CCNCC5)nc4s3)I=C2)cn1. The van der Waals surface area contributed by atoms with Crippen LogP contribution in [0.2, 0.25) is 0 Å². The first-order chi connectivity index (χ1) is 14.1. The zero-order chi connectivity index (χ0) is 20.0. The van der Waals surface area contributed by atoms with Gasteiger partial charge < -0.3 is 19.9 Å². The monoisotopic (exact) mass is 540 g/mol. The number of aryl methyl sites for hydroxylation is 1. The lowest BCUT2D eigenvalue weighted by molar-refractivity contribution is 0.437. The molecule has 152 valence electrons. The third-order valence-corrected chi connectivity index (χ3v) is 10.2. The first-order valence-electron chi connectivity index (χ1n) is 9.42. The molecule has 1 saturated heterocycles. The van der Waals surface area contributed by atoms with E-state index in [2.05, 4.69) is 26.3 Å². The molecule has 2 aliphatic rings. The van der Waals surface area contributed by atoms with Crippen LogP contribution in [0, 0.1) is 6.92 Å². The van der Waals surface area contributed by atoms with E-state index in [1.54, 1.807) is 35.1 Å². The summed E-state index contributed by atoms with van der Waals surface area (Å²) < 4.78 is 5.12. The number of nitrogens with one attached hydrogen (secondary N) is 1. The number of rotatable bonds is 4. The maximum Gasteiger partial charge on any atom is 0.188 e. The van der Waals surface area contributed by atoms with Crippen molar-refractivity contribution in [3.8, 4) is 0 Å². The summed E-state index contributed by atoms with van der Waals surface area (Å²) in [5.74, 6) is 0.315. The number of imidazole rings is 1. The van der Waals surface area contributed by atoms with Gasteiger partial charge in [0.15, 0.2) is 14.8 Å². The Labute approximate surface area is 186 Å². The average Bonchev–Trinajstić information content (AvgIpc) is 3.42. The number of hydrogen-bond acceptors (Lipinski definition) is 8. The molecule has 2 aliphatic heterocycles. The van der Waals surface area contributed by atoms with Crippen LogP contribution in [0.3, 0.4) is 0 Å². The van der Waals surface area contributed by atoms with Gasteiger partial charge in [-0.05, 0) is 36.9 Å². The number of thiazole rings is 2. The predicted octanol–water partition coefficient (Wildman–Crippen LogP) is 4.00. The Bertz CT molecular complexity index is 1120. The van der Waals surface area contributed by atoms with Crippen LogP contribution >= 0.6 is 43.4 Å². The molecule has 3 aromatic heterocycles. The van der Waals surface area contributed by atoms with Gasteiger partial charge in [-0.25, -0.2) is 15.0 Å². The lowest BCUT2D eigenvalue weighted by atomic mass is 10.1. The molecule has 3 aromatic rings. The summed E-state index contributed by atoms with van der Waals surface area (Å²) in [6, 6.07) is 0.539. The molecule has 29 heavy (non-hydrogen) atoms. The van der Waals surface area contributed by atoms with Gasteiger partial charge in [-0.1, -0.05) is 43.4 Å². The van der Waals surface area contributed by atoms with E-state index in [0.717, 1.165) is 60.7 Å². The molecule has 2 N–H and O–H groups in total. The van der Waals surface area contributed by atoms with Crippen LogP contribution in [0.15, 0.2) is 24.4 Å². The number of nitrogens with zero attached hydrogens (tertiary/aromatic N) is 5. The van der Waals surface area contributed by atoms with Crippen LogP contribution in [-0.4, -0.2) is 54.8 Å². The number of hydrogen-bond donors (Lipinski definition) is 2. The molecule has 1 fully saturated rings. The lowest BCUT2D eigenvalue weighted by Crippen LogP contribution is -2.41. The van der Waals surface area contributed by atoms with Gasteiger partial charge in [0.05, 0.1) is 21.3 Å². The van der Waals surface area contributed by atoms with E-state index in [9.17, 15) is 5.11 Å². The third kappa shape index (κ3) is 3.78. The molecule has 0 amide bonds. The van der Waals surface area contributed by atoms with Crippen LogP contribution < -0.4 is 10.2 Å². The van der Waals surface area contributed by atoms with Crippen molar-refractivity contribution in [3.63, 3.8) is 0 Å². The number of aliphatic hydroxyl groups is 1. The Morgan fingerprint density at radius 3 is 2.72 bits per heavy atom. The van der Waals surface area contributed by atoms with Crippen LogP contribution in [0.1, 0.15) is 23.5 Å². The zero-order valence-corrected chi connectivity index (χ0v) is 19.9. The van der Waals surface area contributed by atoms with Gasteiger partial charge in [-0.2, -0.15) is 0 Å². The van der Waals surface area contributed by atoms with Crippen LogP contribution in [0.4, 0.5) is 5.13 Å². The van der Waals surface area contributed by atoms with Crippen LogP contribution in [-0.2, 0) is 0 Å². The van der Waals surface area contributed by atoms with E-state index in [4.69, 9.17) is 9.97 Å². The van der Waals surface area contributed by atoms with E-state index < -0.39 is 20.7 Å². The number of halogens is 1. The number of aliphatic hydroxyl groups excluding tert-OH is 1. The van der Waals surface area contributed by atoms with Crippen LogP contribution in [0.25, 0.3) is 18.9 Å². The number of piperidine rings is 1. The average molecular weight is 540 g/mol. The number of aromatic nitrogens is 4. The lowest BCUT2D eigenvalue weighted by Gasteiger charge is -2.31. The van der Waals surface area contributed by atoms with Crippen molar-refractivity contribution in [1.29, 1.82) is 0 Å². The molecule has 0 unspecified atom stereocenters. The van der Waals surface area contributed by atoms with Crippen molar-refractivity contribution in [2.24, 2.45) is 0 Å². The van der Waals surface area contributed by atoms with Crippen LogP contribution in [0.5, 0.6) is 0 Å². The fraction of sp³-hybridized carbons (Fsp3) is 0.368. The molecule has 0 aliphatic carbocycles. The van der Waals surface area contributed by atoms with E-state index in [0.29, 0.717) is 11.8 Å². The fourth-order valence-corrected chi connectivity index (χ4v) is 8.12. The highest BCUT2D eigenvalue weighted by atomic mass is 127. The maximum absolute atomic E-state index is 10.6. The highest BCUT2D eigenvalue weighted by Crippen LogP contribution is 2.41. The summed E-state index contributed by atoms with van der Waals surface area (Å²) >= 11 is 2.75. The summed E-state index contributed by atoms with van der Waals surface area (Å²) in [4.78, 5) is 18.2. The number of anilines is 1. The Morgan fingerprint density at radius 1 is 1.24 bits per heavy atom. The standard InChI is InChI=1S/C19H21IN6OS2/c1-11-9-26(10-22-11)13-7-14(27)15(20-8-13)16-23-17-18(28-16)24-19(29-17)25(2)12-3-5-21-6-4-12/h7-10,12,21,27H,3-6H2,1-2H3. The van der Waals surface area contributed by atoms with Gasteiger partial charge in [0.2, 0.25) is 0 Å². The van der Waals surface area contributed by atoms with E-state index in [1.165, 1.54) is 0 Å². The van der Waals surface area contributed by atoms with Crippen molar-refractivity contribution < 1.29 is 5.11 Å². The molecular formula is C19H21IN6OS2. The normalized spacial score (nSPS) is 18.2. The summed E-state index contributed by atoms with van der Waals surface area (Å²) in [6.07, 6.45) is 7.85. The van der Waals surface area contributed by atoms with E-state index in [1.807, 2.05) is 17.7 Å². The molecule has 7 nitrogen and oxygen atoms in total. The highest BCUT2D eigenvalue weighted by molar-refractivity contribution is 14.2. The summed E-state index contributed by atoms with van der Waals surface area (Å²) in [5.41, 5.74) is 1.94. The molecule has 0 atom stereocenters. The molecule has 5 rings (SSSR count). The van der Waals surface area contributed by atoms with Crippen molar-refractivity contribution in [2.45, 2.75) is 25.8 Å². The summed E-state index contributed by atoms with van der Waals surface area (Å²) in [7, 11) is 2.14. The third-order valence-electron chi connectivity index (χ3n) is 5.11. The molecule has 0 radical (unpaired) electrons. The molecule has 0 bridgehead atoms. The largest absolute Gasteiger partial charge is 0.507 e. The highest BCUT2D eigenvalue weighted by Gasteiger charge is 2.23. The first-order valence-corrected chi connectivity index (χ1v) is 13.4. The predicted molar refractivity (Wildman–Crippen MR) is 130 cm³/mol. The van der Waals surface area contributed by atoms with Crippen molar-refractivity contribution in [2.75, 3.05) is 25.0 Å². The molecule has 5 heterocycles. The van der Waals surface area contributed by atoms with Gasteiger partial charge >= 0.3 is 0 Å². The molecule has 0 saturated carbocycles. The second-order valence-electron chi connectivity index (χ2n) is 7.13. The Kier molecular flexibility index (Phi) is 5.26. The Morgan fingerprint density at radius 2 is 2.03 bits per heavy atom.